The Kier molecular flexibility index (Phi) is 24.2. The molecule has 1 aromatic carbocycles. The van der Waals surface area contributed by atoms with E-state index in [4.69, 9.17) is 5.41 Å². The fraction of sp³-hybridized carbons (Fsp3) is 0.744. The van der Waals surface area contributed by atoms with E-state index < -0.39 is 0 Å². The highest BCUT2D eigenvalue weighted by atomic mass is 16.1. The van der Waals surface area contributed by atoms with E-state index in [1.54, 1.807) is 0 Å². The number of benzene rings is 1. The number of ketones is 2. The molecule has 1 heterocycles. The lowest BCUT2D eigenvalue weighted by Crippen LogP contribution is -2.47. The maximum atomic E-state index is 12.6. The standard InChI is InChI=1S/C30H52N4O.C13H24O/c1-5-15-29(35)27-16-14-17-28(30(27)26(4)31)34-24-22-33(23-25-34)21-13-11-9-8-10-12-20-32(18-6-2)19-7-3;1-6-10(3)8-9-12(5)13(14)11(4)7-2/h14,16-17,31H,5-13,15,18-25H2,1-4H3;6,11-12H,7-9H2,1-5H3/b;10-6+. The van der Waals surface area contributed by atoms with Crippen LogP contribution in [0.4, 0.5) is 5.69 Å². The van der Waals surface area contributed by atoms with E-state index in [2.05, 4.69) is 68.4 Å². The maximum absolute atomic E-state index is 12.6. The van der Waals surface area contributed by atoms with Crippen LogP contribution >= 0.6 is 0 Å². The molecule has 1 fully saturated rings. The summed E-state index contributed by atoms with van der Waals surface area (Å²) in [5.74, 6) is 1.04. The molecule has 6 nitrogen and oxygen atoms in total. The molecule has 2 atom stereocenters. The fourth-order valence-corrected chi connectivity index (χ4v) is 6.77. The van der Waals surface area contributed by atoms with Gasteiger partial charge in [-0.25, -0.2) is 0 Å². The molecule has 1 N–H and O–H groups in total. The molecule has 280 valence electrons. The number of unbranched alkanes of at least 4 members (excludes halogenated alkanes) is 5. The number of hydrogen-bond donors (Lipinski definition) is 1. The van der Waals surface area contributed by atoms with Crippen LogP contribution in [0.2, 0.25) is 0 Å². The summed E-state index contributed by atoms with van der Waals surface area (Å²) in [6.07, 6.45) is 17.2. The van der Waals surface area contributed by atoms with Gasteiger partial charge in [0.05, 0.1) is 0 Å². The Morgan fingerprint density at radius 3 is 1.98 bits per heavy atom. The third-order valence-corrected chi connectivity index (χ3v) is 10.2. The van der Waals surface area contributed by atoms with Gasteiger partial charge in [0.1, 0.15) is 5.78 Å². The molecule has 0 saturated carbocycles. The Balaban J connectivity index is 0.000000721. The molecular formula is C43H76N4O2. The van der Waals surface area contributed by atoms with E-state index in [0.717, 1.165) is 68.7 Å². The van der Waals surface area contributed by atoms with Gasteiger partial charge in [0.2, 0.25) is 0 Å². The molecule has 49 heavy (non-hydrogen) atoms. The Morgan fingerprint density at radius 1 is 0.816 bits per heavy atom. The minimum absolute atomic E-state index is 0.161. The predicted octanol–water partition coefficient (Wildman–Crippen LogP) is 10.6. The molecule has 1 aromatic rings. The van der Waals surface area contributed by atoms with Crippen LogP contribution in [0.1, 0.15) is 162 Å². The third-order valence-electron chi connectivity index (χ3n) is 10.2. The second kappa shape index (κ2) is 26.5. The molecule has 2 rings (SSSR count). The number of Topliss-reactive ketones (excluding diaryl/α,β-unsaturated/α-hetero) is 2. The van der Waals surface area contributed by atoms with Crippen LogP contribution in [0.15, 0.2) is 29.8 Å². The van der Waals surface area contributed by atoms with Crippen molar-refractivity contribution in [3.63, 3.8) is 0 Å². The monoisotopic (exact) mass is 681 g/mol. The van der Waals surface area contributed by atoms with Crippen LogP contribution in [0, 0.1) is 17.2 Å². The average molecular weight is 681 g/mol. The molecule has 0 amide bonds. The highest BCUT2D eigenvalue weighted by Crippen LogP contribution is 2.27. The first-order chi connectivity index (χ1) is 23.5. The molecule has 2 unspecified atom stereocenters. The predicted molar refractivity (Wildman–Crippen MR) is 214 cm³/mol. The number of allylic oxidation sites excluding steroid dienone is 2. The van der Waals surface area contributed by atoms with E-state index in [-0.39, 0.29) is 17.6 Å². The number of nitrogens with one attached hydrogen (secondary N) is 1. The number of anilines is 1. The highest BCUT2D eigenvalue weighted by Gasteiger charge is 2.23. The van der Waals surface area contributed by atoms with Crippen LogP contribution in [0.5, 0.6) is 0 Å². The SMILES string of the molecule is C/C=C(\C)CCC(C)C(=O)C(C)CC.CCCC(=O)c1cccc(N2CCN(CCCCCCCCN(CCC)CCC)CC2)c1C(C)=N. The topological polar surface area (TPSA) is 67.7 Å². The van der Waals surface area contributed by atoms with Gasteiger partial charge in [0.25, 0.3) is 0 Å². The van der Waals surface area contributed by atoms with E-state index in [9.17, 15) is 9.59 Å². The number of piperazine rings is 1. The summed E-state index contributed by atoms with van der Waals surface area (Å²) in [5, 5.41) is 8.34. The first-order valence-electron chi connectivity index (χ1n) is 20.1. The van der Waals surface area contributed by atoms with Crippen molar-refractivity contribution >= 4 is 23.0 Å². The first-order valence-corrected chi connectivity index (χ1v) is 20.1. The van der Waals surface area contributed by atoms with Crippen LogP contribution in [-0.4, -0.2) is 79.4 Å². The molecule has 0 bridgehead atoms. The summed E-state index contributed by atoms with van der Waals surface area (Å²) < 4.78 is 0. The van der Waals surface area contributed by atoms with Gasteiger partial charge in [-0.1, -0.05) is 91.0 Å². The van der Waals surface area contributed by atoms with Crippen LogP contribution in [0.3, 0.4) is 0 Å². The molecule has 0 aliphatic carbocycles. The summed E-state index contributed by atoms with van der Waals surface area (Å²) >= 11 is 0. The largest absolute Gasteiger partial charge is 0.368 e. The number of hydrogen-bond acceptors (Lipinski definition) is 6. The van der Waals surface area contributed by atoms with Crippen LogP contribution in [0.25, 0.3) is 0 Å². The van der Waals surface area contributed by atoms with Gasteiger partial charge in [-0.3, -0.25) is 14.5 Å². The minimum atomic E-state index is 0.161. The van der Waals surface area contributed by atoms with E-state index >= 15 is 0 Å². The number of carbonyl (C=O) groups is 2. The number of nitrogens with zero attached hydrogens (tertiary/aromatic N) is 3. The maximum Gasteiger partial charge on any atom is 0.163 e. The summed E-state index contributed by atoms with van der Waals surface area (Å²) in [6, 6.07) is 5.98. The lowest BCUT2D eigenvalue weighted by atomic mass is 9.89. The lowest BCUT2D eigenvalue weighted by molar-refractivity contribution is -0.126. The third kappa shape index (κ3) is 17.5. The number of carbonyl (C=O) groups excluding carboxylic acids is 2. The van der Waals surface area contributed by atoms with Crippen molar-refractivity contribution in [2.24, 2.45) is 11.8 Å². The van der Waals surface area contributed by atoms with Gasteiger partial charge in [0.15, 0.2) is 5.78 Å². The van der Waals surface area contributed by atoms with Crippen molar-refractivity contribution in [1.82, 2.24) is 9.80 Å². The van der Waals surface area contributed by atoms with Gasteiger partial charge in [-0.15, -0.1) is 0 Å². The average Bonchev–Trinajstić information content (AvgIpc) is 3.11. The Bertz CT molecular complexity index is 1100. The highest BCUT2D eigenvalue weighted by molar-refractivity contribution is 6.12. The number of rotatable bonds is 24. The molecule has 1 aliphatic heterocycles. The molecular weight excluding hydrogens is 604 g/mol. The van der Waals surface area contributed by atoms with E-state index in [1.807, 2.05) is 32.9 Å². The second-order valence-electron chi connectivity index (χ2n) is 14.6. The van der Waals surface area contributed by atoms with E-state index in [0.29, 0.717) is 17.9 Å². The van der Waals surface area contributed by atoms with Gasteiger partial charge >= 0.3 is 0 Å². The van der Waals surface area contributed by atoms with Crippen LogP contribution < -0.4 is 4.90 Å². The quantitative estimate of drug-likeness (QED) is 0.0509. The Labute approximate surface area is 303 Å². The minimum Gasteiger partial charge on any atom is -0.368 e. The zero-order valence-corrected chi connectivity index (χ0v) is 33.5. The van der Waals surface area contributed by atoms with Crippen LogP contribution in [-0.2, 0) is 4.79 Å². The smallest absolute Gasteiger partial charge is 0.163 e. The summed E-state index contributed by atoms with van der Waals surface area (Å²) in [6.45, 7) is 27.8. The molecule has 6 heteroatoms. The van der Waals surface area contributed by atoms with E-state index in [1.165, 1.54) is 83.1 Å². The first kappa shape index (κ1) is 44.7. The summed E-state index contributed by atoms with van der Waals surface area (Å²) in [5.41, 5.74) is 4.50. The van der Waals surface area contributed by atoms with Gasteiger partial charge in [-0.2, -0.15) is 0 Å². The van der Waals surface area contributed by atoms with Gasteiger partial charge < -0.3 is 15.2 Å². The summed E-state index contributed by atoms with van der Waals surface area (Å²) in [4.78, 5) is 32.0. The van der Waals surface area contributed by atoms with Gasteiger partial charge in [0, 0.05) is 67.0 Å². The molecule has 0 radical (unpaired) electrons. The zero-order chi connectivity index (χ0) is 36.6. The second-order valence-corrected chi connectivity index (χ2v) is 14.6. The van der Waals surface area contributed by atoms with Crippen molar-refractivity contribution in [1.29, 1.82) is 5.41 Å². The van der Waals surface area contributed by atoms with Crippen molar-refractivity contribution in [3.05, 3.63) is 41.0 Å². The zero-order valence-electron chi connectivity index (χ0n) is 33.5. The van der Waals surface area contributed by atoms with Crippen molar-refractivity contribution in [2.75, 3.05) is 57.3 Å². The van der Waals surface area contributed by atoms with Crippen molar-refractivity contribution < 1.29 is 9.59 Å². The van der Waals surface area contributed by atoms with Crippen molar-refractivity contribution in [3.8, 4) is 0 Å². The molecule has 0 aromatic heterocycles. The normalized spacial score (nSPS) is 15.1. The summed E-state index contributed by atoms with van der Waals surface area (Å²) in [7, 11) is 0. The Hall–Kier alpha value is -2.31. The molecule has 1 saturated heterocycles. The Morgan fingerprint density at radius 2 is 1.43 bits per heavy atom. The lowest BCUT2D eigenvalue weighted by Gasteiger charge is -2.37. The van der Waals surface area contributed by atoms with Crippen molar-refractivity contribution in [2.45, 2.75) is 146 Å². The fourth-order valence-electron chi connectivity index (χ4n) is 6.77. The van der Waals surface area contributed by atoms with Gasteiger partial charge in [-0.05, 0) is 104 Å². The molecule has 1 aliphatic rings. The molecule has 0 spiro atoms.